The molecule has 0 saturated heterocycles. The highest BCUT2D eigenvalue weighted by molar-refractivity contribution is 6.28. The van der Waals surface area contributed by atoms with E-state index in [9.17, 15) is 4.79 Å². The number of rotatable bonds is 0. The number of hydrogen-bond donors (Lipinski definition) is 0. The Morgan fingerprint density at radius 3 is 2.72 bits per heavy atom. The quantitative estimate of drug-likeness (QED) is 0.687. The van der Waals surface area contributed by atoms with Crippen molar-refractivity contribution in [3.63, 3.8) is 0 Å². The summed E-state index contributed by atoms with van der Waals surface area (Å²) < 4.78 is 6.39. The summed E-state index contributed by atoms with van der Waals surface area (Å²) in [5.74, 6) is 0. The molecule has 0 radical (unpaired) electrons. The zero-order chi connectivity index (χ0) is 13.5. The van der Waals surface area contributed by atoms with Crippen molar-refractivity contribution in [2.24, 2.45) is 0 Å². The summed E-state index contributed by atoms with van der Waals surface area (Å²) >= 11 is 5.71. The standard InChI is InChI=1S/C11H13ClN4O2/c1-6-8-7(5-13-9(12)14-8)16(15-6)10(17)18-11(2,3)4/h5H,1-4H3. The molecule has 0 aliphatic heterocycles. The normalized spacial score (nSPS) is 11.8. The van der Waals surface area contributed by atoms with Crippen LogP contribution in [0.3, 0.4) is 0 Å². The van der Waals surface area contributed by atoms with Crippen molar-refractivity contribution in [3.05, 3.63) is 17.2 Å². The maximum atomic E-state index is 12.0. The molecule has 2 aromatic rings. The van der Waals surface area contributed by atoms with Crippen molar-refractivity contribution in [1.29, 1.82) is 0 Å². The largest absolute Gasteiger partial charge is 0.442 e. The molecule has 18 heavy (non-hydrogen) atoms. The van der Waals surface area contributed by atoms with Crippen LogP contribution in [0.2, 0.25) is 5.28 Å². The number of halogens is 1. The Bertz CT molecular complexity index is 615. The molecule has 0 atom stereocenters. The second kappa shape index (κ2) is 4.20. The number of nitrogens with zero attached hydrogens (tertiary/aromatic N) is 4. The van der Waals surface area contributed by atoms with Gasteiger partial charge in [0.1, 0.15) is 16.6 Å². The van der Waals surface area contributed by atoms with Crippen molar-refractivity contribution in [3.8, 4) is 0 Å². The molecule has 0 aliphatic rings. The molecular formula is C11H13ClN4O2. The lowest BCUT2D eigenvalue weighted by Crippen LogP contribution is -2.27. The van der Waals surface area contributed by atoms with Crippen LogP contribution in [0, 0.1) is 6.92 Å². The van der Waals surface area contributed by atoms with Crippen LogP contribution in [-0.2, 0) is 4.74 Å². The van der Waals surface area contributed by atoms with Crippen molar-refractivity contribution in [2.45, 2.75) is 33.3 Å². The van der Waals surface area contributed by atoms with Gasteiger partial charge in [0.15, 0.2) is 0 Å². The van der Waals surface area contributed by atoms with E-state index in [4.69, 9.17) is 16.3 Å². The maximum absolute atomic E-state index is 12.0. The fourth-order valence-electron chi connectivity index (χ4n) is 1.47. The number of fused-ring (bicyclic) bond motifs is 1. The van der Waals surface area contributed by atoms with Gasteiger partial charge in [0.2, 0.25) is 5.28 Å². The zero-order valence-electron chi connectivity index (χ0n) is 10.6. The molecular weight excluding hydrogens is 256 g/mol. The molecule has 96 valence electrons. The van der Waals surface area contributed by atoms with Crippen LogP contribution in [0.4, 0.5) is 4.79 Å². The van der Waals surface area contributed by atoms with Crippen LogP contribution >= 0.6 is 11.6 Å². The molecule has 0 aliphatic carbocycles. The Balaban J connectivity index is 2.49. The zero-order valence-corrected chi connectivity index (χ0v) is 11.3. The van der Waals surface area contributed by atoms with Crippen LogP contribution in [-0.4, -0.2) is 31.4 Å². The monoisotopic (exact) mass is 268 g/mol. The van der Waals surface area contributed by atoms with Gasteiger partial charge >= 0.3 is 6.09 Å². The van der Waals surface area contributed by atoms with Gasteiger partial charge < -0.3 is 4.74 Å². The van der Waals surface area contributed by atoms with E-state index in [-0.39, 0.29) is 5.28 Å². The van der Waals surface area contributed by atoms with E-state index in [1.54, 1.807) is 27.7 Å². The molecule has 0 bridgehead atoms. The van der Waals surface area contributed by atoms with Gasteiger partial charge in [-0.15, -0.1) is 0 Å². The summed E-state index contributed by atoms with van der Waals surface area (Å²) in [7, 11) is 0. The van der Waals surface area contributed by atoms with E-state index >= 15 is 0 Å². The third-order valence-corrected chi connectivity index (χ3v) is 2.31. The van der Waals surface area contributed by atoms with Crippen LogP contribution in [0.25, 0.3) is 11.0 Å². The fourth-order valence-corrected chi connectivity index (χ4v) is 1.60. The Morgan fingerprint density at radius 2 is 2.11 bits per heavy atom. The molecule has 6 nitrogen and oxygen atoms in total. The first-order valence-corrected chi connectivity index (χ1v) is 5.77. The molecule has 0 fully saturated rings. The minimum Gasteiger partial charge on any atom is -0.442 e. The fraction of sp³-hybridized carbons (Fsp3) is 0.455. The van der Waals surface area contributed by atoms with E-state index < -0.39 is 11.7 Å². The topological polar surface area (TPSA) is 69.9 Å². The van der Waals surface area contributed by atoms with Crippen LogP contribution < -0.4 is 0 Å². The summed E-state index contributed by atoms with van der Waals surface area (Å²) in [5.41, 5.74) is 1.03. The summed E-state index contributed by atoms with van der Waals surface area (Å²) in [6.45, 7) is 7.11. The maximum Gasteiger partial charge on any atom is 0.435 e. The van der Waals surface area contributed by atoms with Gasteiger partial charge in [0.25, 0.3) is 0 Å². The molecule has 0 unspecified atom stereocenters. The molecule has 2 heterocycles. The third kappa shape index (κ3) is 2.43. The number of hydrogen-bond acceptors (Lipinski definition) is 5. The van der Waals surface area contributed by atoms with Crippen molar-refractivity contribution < 1.29 is 9.53 Å². The molecule has 0 spiro atoms. The lowest BCUT2D eigenvalue weighted by atomic mass is 10.2. The first-order chi connectivity index (χ1) is 8.28. The molecule has 0 N–H and O–H groups in total. The minimum atomic E-state index is -0.587. The summed E-state index contributed by atoms with van der Waals surface area (Å²) in [6, 6.07) is 0. The SMILES string of the molecule is Cc1nn(C(=O)OC(C)(C)C)c2cnc(Cl)nc12. The van der Waals surface area contributed by atoms with Gasteiger partial charge in [0.05, 0.1) is 11.9 Å². The molecule has 7 heteroatoms. The van der Waals surface area contributed by atoms with Crippen LogP contribution in [0.15, 0.2) is 6.20 Å². The molecule has 0 amide bonds. The number of aryl methyl sites for hydroxylation is 1. The number of ether oxygens (including phenoxy) is 1. The average molecular weight is 269 g/mol. The Hall–Kier alpha value is -1.69. The van der Waals surface area contributed by atoms with E-state index in [0.29, 0.717) is 16.7 Å². The number of carbonyl (C=O) groups excluding carboxylic acids is 1. The van der Waals surface area contributed by atoms with Crippen molar-refractivity contribution in [2.75, 3.05) is 0 Å². The van der Waals surface area contributed by atoms with E-state index in [1.165, 1.54) is 6.20 Å². The average Bonchev–Trinajstić information content (AvgIpc) is 2.54. The van der Waals surface area contributed by atoms with Gasteiger partial charge in [-0.3, -0.25) is 0 Å². The number of carbonyl (C=O) groups is 1. The molecule has 2 aromatic heterocycles. The van der Waals surface area contributed by atoms with Crippen molar-refractivity contribution >= 4 is 28.7 Å². The third-order valence-electron chi connectivity index (χ3n) is 2.13. The predicted octanol–water partition coefficient (Wildman–Crippen LogP) is 2.57. The second-order valence-corrected chi connectivity index (χ2v) is 5.19. The molecule has 0 aromatic carbocycles. The Kier molecular flexibility index (Phi) is 2.98. The van der Waals surface area contributed by atoms with Crippen LogP contribution in [0.1, 0.15) is 26.5 Å². The van der Waals surface area contributed by atoms with E-state index in [2.05, 4.69) is 15.1 Å². The highest BCUT2D eigenvalue weighted by Gasteiger charge is 2.21. The lowest BCUT2D eigenvalue weighted by molar-refractivity contribution is 0.0522. The van der Waals surface area contributed by atoms with Gasteiger partial charge in [0, 0.05) is 0 Å². The van der Waals surface area contributed by atoms with Gasteiger partial charge in [-0.05, 0) is 39.3 Å². The van der Waals surface area contributed by atoms with E-state index in [0.717, 1.165) is 4.68 Å². The first-order valence-electron chi connectivity index (χ1n) is 5.39. The highest BCUT2D eigenvalue weighted by atomic mass is 35.5. The Morgan fingerprint density at radius 1 is 1.44 bits per heavy atom. The molecule has 0 saturated carbocycles. The summed E-state index contributed by atoms with van der Waals surface area (Å²) in [4.78, 5) is 19.8. The molecule has 2 rings (SSSR count). The highest BCUT2D eigenvalue weighted by Crippen LogP contribution is 2.18. The smallest absolute Gasteiger partial charge is 0.435 e. The van der Waals surface area contributed by atoms with Gasteiger partial charge in [-0.2, -0.15) is 9.78 Å². The second-order valence-electron chi connectivity index (χ2n) is 4.85. The Labute approximate surface area is 109 Å². The lowest BCUT2D eigenvalue weighted by Gasteiger charge is -2.19. The minimum absolute atomic E-state index is 0.120. The predicted molar refractivity (Wildman–Crippen MR) is 66.7 cm³/mol. The van der Waals surface area contributed by atoms with Gasteiger partial charge in [-0.25, -0.2) is 14.8 Å². The number of aromatic nitrogens is 4. The van der Waals surface area contributed by atoms with Crippen LogP contribution in [0.5, 0.6) is 0 Å². The first kappa shape index (κ1) is 12.8. The van der Waals surface area contributed by atoms with Gasteiger partial charge in [-0.1, -0.05) is 0 Å². The van der Waals surface area contributed by atoms with E-state index in [1.807, 2.05) is 0 Å². The summed E-state index contributed by atoms with van der Waals surface area (Å²) in [5, 5.41) is 4.22. The summed E-state index contributed by atoms with van der Waals surface area (Å²) in [6.07, 6.45) is 0.890. The van der Waals surface area contributed by atoms with Crippen molar-refractivity contribution in [1.82, 2.24) is 19.7 Å².